The van der Waals surface area contributed by atoms with E-state index < -0.39 is 0 Å². The normalized spacial score (nSPS) is 19.7. The molecule has 2 fully saturated rings. The van der Waals surface area contributed by atoms with Crippen LogP contribution in [0.15, 0.2) is 48.5 Å². The first kappa shape index (κ1) is 33.6. The van der Waals surface area contributed by atoms with Crippen molar-refractivity contribution in [3.63, 3.8) is 0 Å². The zero-order valence-electron chi connectivity index (χ0n) is 26.2. The topological polar surface area (TPSA) is 97.1 Å². The van der Waals surface area contributed by atoms with Crippen molar-refractivity contribution in [1.82, 2.24) is 41.7 Å². The first-order valence-electron chi connectivity index (χ1n) is 16.5. The molecule has 2 aliphatic heterocycles. The average Bonchev–Trinajstić information content (AvgIpc) is 3.01. The molecule has 0 amide bonds. The summed E-state index contributed by atoms with van der Waals surface area (Å²) in [5.74, 6) is 1.84. The van der Waals surface area contributed by atoms with Gasteiger partial charge in [-0.15, -0.1) is 0 Å². The third kappa shape index (κ3) is 14.8. The predicted octanol–water partition coefficient (Wildman–Crippen LogP) is 0.703. The van der Waals surface area contributed by atoms with E-state index in [0.717, 1.165) is 136 Å². The molecule has 4 rings (SSSR count). The minimum absolute atomic E-state index is 0.642. The van der Waals surface area contributed by atoms with Crippen LogP contribution in [0.4, 0.5) is 0 Å². The van der Waals surface area contributed by atoms with Crippen LogP contribution in [0.3, 0.4) is 0 Å². The van der Waals surface area contributed by atoms with Crippen LogP contribution in [0, 0.1) is 0 Å². The van der Waals surface area contributed by atoms with Crippen LogP contribution in [-0.4, -0.2) is 128 Å². The molecule has 2 aromatic carbocycles. The molecule has 0 saturated carbocycles. The van der Waals surface area contributed by atoms with Crippen molar-refractivity contribution in [2.24, 2.45) is 0 Å². The highest BCUT2D eigenvalue weighted by molar-refractivity contribution is 5.28. The lowest BCUT2D eigenvalue weighted by Gasteiger charge is -2.24. The van der Waals surface area contributed by atoms with Gasteiger partial charge in [-0.1, -0.05) is 24.3 Å². The molecule has 0 bridgehead atoms. The highest BCUT2D eigenvalue weighted by Crippen LogP contribution is 2.16. The third-order valence-electron chi connectivity index (χ3n) is 7.82. The van der Waals surface area contributed by atoms with Gasteiger partial charge in [0.2, 0.25) is 0 Å². The van der Waals surface area contributed by atoms with Gasteiger partial charge >= 0.3 is 0 Å². The summed E-state index contributed by atoms with van der Waals surface area (Å²) >= 11 is 0. The standard InChI is InChI=1S/C33H56N8O2/c1(26-42-32-6-2-30(3-7-32)28-40-22-18-36-14-10-34-11-15-37-19-23-40)27-43-33-8-4-31(5-9-33)29-41-24-20-38-16-12-35-13-17-39-21-25-41/h2-9,34-39H,1,10-29H2. The summed E-state index contributed by atoms with van der Waals surface area (Å²) in [5.41, 5.74) is 2.64. The van der Waals surface area contributed by atoms with Gasteiger partial charge in [0.05, 0.1) is 13.2 Å². The molecule has 0 spiro atoms. The average molecular weight is 597 g/mol. The Morgan fingerprint density at radius 2 is 0.721 bits per heavy atom. The quantitative estimate of drug-likeness (QED) is 0.220. The Bertz CT molecular complexity index is 861. The van der Waals surface area contributed by atoms with Crippen molar-refractivity contribution in [2.45, 2.75) is 19.5 Å². The van der Waals surface area contributed by atoms with E-state index in [1.807, 2.05) is 0 Å². The van der Waals surface area contributed by atoms with Crippen LogP contribution >= 0.6 is 0 Å². The smallest absolute Gasteiger partial charge is 0.119 e. The van der Waals surface area contributed by atoms with Crippen LogP contribution in [0.25, 0.3) is 0 Å². The van der Waals surface area contributed by atoms with Gasteiger partial charge in [0.25, 0.3) is 0 Å². The van der Waals surface area contributed by atoms with E-state index in [4.69, 9.17) is 9.47 Å². The number of hydrogen-bond donors (Lipinski definition) is 6. The highest BCUT2D eigenvalue weighted by Gasteiger charge is 2.09. The molecule has 10 nitrogen and oxygen atoms in total. The fourth-order valence-corrected chi connectivity index (χ4v) is 5.28. The lowest BCUT2D eigenvalue weighted by Crippen LogP contribution is -2.41. The summed E-state index contributed by atoms with van der Waals surface area (Å²) in [5, 5.41) is 21.0. The maximum atomic E-state index is 6.00. The summed E-state index contributed by atoms with van der Waals surface area (Å²) in [6, 6.07) is 17.1. The van der Waals surface area contributed by atoms with E-state index in [1.54, 1.807) is 0 Å². The number of rotatable bonds is 10. The van der Waals surface area contributed by atoms with Crippen molar-refractivity contribution < 1.29 is 9.47 Å². The van der Waals surface area contributed by atoms with Crippen molar-refractivity contribution in [1.29, 1.82) is 0 Å². The highest BCUT2D eigenvalue weighted by atomic mass is 16.5. The molecule has 43 heavy (non-hydrogen) atoms. The molecule has 2 heterocycles. The molecule has 2 saturated heterocycles. The SMILES string of the molecule is c1cc(OCCCOc2ccc(CN3CCNCCNCCNCC3)cc2)ccc1CN1CCNCCNCCNCC1. The van der Waals surface area contributed by atoms with Gasteiger partial charge in [0.15, 0.2) is 0 Å². The number of nitrogens with one attached hydrogen (secondary N) is 6. The fourth-order valence-electron chi connectivity index (χ4n) is 5.28. The minimum atomic E-state index is 0.642. The monoisotopic (exact) mass is 596 g/mol. The zero-order chi connectivity index (χ0) is 29.6. The van der Waals surface area contributed by atoms with E-state index in [1.165, 1.54) is 11.1 Å². The molecule has 2 aliphatic rings. The molecule has 0 aromatic heterocycles. The van der Waals surface area contributed by atoms with Gasteiger partial charge in [0.1, 0.15) is 11.5 Å². The van der Waals surface area contributed by atoms with Crippen molar-refractivity contribution in [3.05, 3.63) is 59.7 Å². The fraction of sp³-hybridized carbons (Fsp3) is 0.636. The Hall–Kier alpha value is -2.28. The number of nitrogens with zero attached hydrogens (tertiary/aromatic N) is 2. The Morgan fingerprint density at radius 3 is 1.05 bits per heavy atom. The van der Waals surface area contributed by atoms with Crippen molar-refractivity contribution in [2.75, 3.05) is 118 Å². The molecule has 240 valence electrons. The zero-order valence-corrected chi connectivity index (χ0v) is 26.2. The molecule has 2 aromatic rings. The molecular weight excluding hydrogens is 540 g/mol. The first-order valence-corrected chi connectivity index (χ1v) is 16.5. The molecule has 0 unspecified atom stereocenters. The van der Waals surface area contributed by atoms with Gasteiger partial charge in [-0.3, -0.25) is 9.80 Å². The summed E-state index contributed by atoms with van der Waals surface area (Å²) in [6.45, 7) is 19.6. The lowest BCUT2D eigenvalue weighted by molar-refractivity contribution is 0.246. The predicted molar refractivity (Wildman–Crippen MR) is 176 cm³/mol. The van der Waals surface area contributed by atoms with Crippen LogP contribution in [0.5, 0.6) is 11.5 Å². The van der Waals surface area contributed by atoms with Crippen LogP contribution in [0.2, 0.25) is 0 Å². The number of hydrogen-bond acceptors (Lipinski definition) is 10. The van der Waals surface area contributed by atoms with E-state index in [9.17, 15) is 0 Å². The Balaban J connectivity index is 1.10. The minimum Gasteiger partial charge on any atom is -0.493 e. The van der Waals surface area contributed by atoms with E-state index in [-0.39, 0.29) is 0 Å². The van der Waals surface area contributed by atoms with Crippen LogP contribution in [0.1, 0.15) is 17.5 Å². The van der Waals surface area contributed by atoms with Crippen LogP contribution < -0.4 is 41.4 Å². The maximum Gasteiger partial charge on any atom is 0.119 e. The van der Waals surface area contributed by atoms with Crippen molar-refractivity contribution in [3.8, 4) is 11.5 Å². The number of ether oxygens (including phenoxy) is 2. The Kier molecular flexibility index (Phi) is 16.7. The molecule has 10 heteroatoms. The molecule has 6 N–H and O–H groups in total. The maximum absolute atomic E-state index is 6.00. The summed E-state index contributed by atoms with van der Waals surface area (Å²) in [7, 11) is 0. The van der Waals surface area contributed by atoms with Crippen LogP contribution in [-0.2, 0) is 13.1 Å². The van der Waals surface area contributed by atoms with Gasteiger partial charge in [-0.25, -0.2) is 0 Å². The summed E-state index contributed by atoms with van der Waals surface area (Å²) < 4.78 is 12.0. The van der Waals surface area contributed by atoms with Gasteiger partial charge in [0, 0.05) is 124 Å². The lowest BCUT2D eigenvalue weighted by atomic mass is 10.2. The van der Waals surface area contributed by atoms with Gasteiger partial charge < -0.3 is 41.4 Å². The second kappa shape index (κ2) is 21.4. The van der Waals surface area contributed by atoms with Crippen molar-refractivity contribution >= 4 is 0 Å². The number of benzene rings is 2. The first-order chi connectivity index (χ1) is 21.3. The molecule has 0 radical (unpaired) electrons. The Labute approximate surface area is 259 Å². The summed E-state index contributed by atoms with van der Waals surface area (Å²) in [4.78, 5) is 5.03. The summed E-state index contributed by atoms with van der Waals surface area (Å²) in [6.07, 6.45) is 0.843. The molecular formula is C33H56N8O2. The van der Waals surface area contributed by atoms with Gasteiger partial charge in [-0.05, 0) is 35.4 Å². The Morgan fingerprint density at radius 1 is 0.419 bits per heavy atom. The largest absolute Gasteiger partial charge is 0.493 e. The third-order valence-corrected chi connectivity index (χ3v) is 7.82. The van der Waals surface area contributed by atoms with E-state index >= 15 is 0 Å². The second-order valence-corrected chi connectivity index (χ2v) is 11.4. The second-order valence-electron chi connectivity index (χ2n) is 11.4. The van der Waals surface area contributed by atoms with Gasteiger partial charge in [-0.2, -0.15) is 0 Å². The molecule has 0 aliphatic carbocycles. The molecule has 0 atom stereocenters. The van der Waals surface area contributed by atoms with E-state index in [2.05, 4.69) is 90.2 Å². The van der Waals surface area contributed by atoms with E-state index in [0.29, 0.717) is 13.2 Å².